The highest BCUT2D eigenvalue weighted by Gasteiger charge is 2.31. The van der Waals surface area contributed by atoms with Crippen molar-refractivity contribution in [1.82, 2.24) is 14.3 Å². The van der Waals surface area contributed by atoms with Crippen LogP contribution in [-0.4, -0.2) is 37.7 Å². The van der Waals surface area contributed by atoms with Gasteiger partial charge in [0.25, 0.3) is 15.9 Å². The fourth-order valence-corrected chi connectivity index (χ4v) is 4.48. The number of fused-ring (bicyclic) bond motifs is 1. The quantitative estimate of drug-likeness (QED) is 0.394. The monoisotopic (exact) mass is 507 g/mol. The van der Waals surface area contributed by atoms with Crippen LogP contribution in [0.25, 0.3) is 27.9 Å². The molecule has 1 N–H and O–H groups in total. The highest BCUT2D eigenvalue weighted by atomic mass is 32.2. The second kappa shape index (κ2) is 9.12. The number of hydrogen-bond donors (Lipinski definition) is 1. The van der Waals surface area contributed by atoms with Crippen LogP contribution < -0.4 is 4.72 Å². The summed E-state index contributed by atoms with van der Waals surface area (Å²) in [7, 11) is -2.93. The van der Waals surface area contributed by atoms with Crippen molar-refractivity contribution in [2.24, 2.45) is 0 Å². The van der Waals surface area contributed by atoms with E-state index < -0.39 is 40.1 Å². The maximum atomic E-state index is 13.9. The number of alkyl halides is 3. The van der Waals surface area contributed by atoms with Crippen molar-refractivity contribution in [3.8, 4) is 22.4 Å². The molecule has 12 heteroatoms. The first-order valence-electron chi connectivity index (χ1n) is 10.00. The molecule has 0 bridgehead atoms. The Kier molecular flexibility index (Phi) is 6.34. The van der Waals surface area contributed by atoms with Gasteiger partial charge in [-0.05, 0) is 42.0 Å². The summed E-state index contributed by atoms with van der Waals surface area (Å²) in [5.41, 5.74) is 0.686. The molecule has 35 heavy (non-hydrogen) atoms. The molecule has 0 radical (unpaired) electrons. The Morgan fingerprint density at radius 1 is 1.06 bits per heavy atom. The highest BCUT2D eigenvalue weighted by molar-refractivity contribution is 7.90. The predicted octanol–water partition coefficient (Wildman–Crippen LogP) is 4.28. The molecule has 0 unspecified atom stereocenters. The van der Waals surface area contributed by atoms with Gasteiger partial charge in [0.2, 0.25) is 0 Å². The minimum atomic E-state index is -4.59. The molecule has 0 aliphatic rings. The van der Waals surface area contributed by atoms with E-state index in [0.717, 1.165) is 16.8 Å². The molecule has 0 atom stereocenters. The zero-order valence-corrected chi connectivity index (χ0v) is 18.8. The summed E-state index contributed by atoms with van der Waals surface area (Å²) in [4.78, 5) is 11.4. The van der Waals surface area contributed by atoms with E-state index in [0.29, 0.717) is 22.2 Å². The minimum Gasteiger partial charge on any atom is -0.375 e. The number of sulfonamides is 1. The van der Waals surface area contributed by atoms with E-state index in [1.54, 1.807) is 6.07 Å². The van der Waals surface area contributed by atoms with Gasteiger partial charge in [0.15, 0.2) is 0 Å². The molecule has 0 aliphatic heterocycles. The van der Waals surface area contributed by atoms with E-state index in [4.69, 9.17) is 0 Å². The summed E-state index contributed by atoms with van der Waals surface area (Å²) >= 11 is 0. The van der Waals surface area contributed by atoms with Crippen molar-refractivity contribution in [3.05, 3.63) is 78.2 Å². The van der Waals surface area contributed by atoms with E-state index in [-0.39, 0.29) is 10.6 Å². The number of rotatable bonds is 6. The molecular weight excluding hydrogens is 490 g/mol. The number of benzene rings is 2. The maximum Gasteiger partial charge on any atom is 0.417 e. The number of methoxy groups -OCH3 is 1. The fourth-order valence-electron chi connectivity index (χ4n) is 3.51. The number of halogens is 4. The van der Waals surface area contributed by atoms with Crippen molar-refractivity contribution in [1.29, 1.82) is 0 Å². The van der Waals surface area contributed by atoms with E-state index in [1.165, 1.54) is 55.6 Å². The zero-order chi connectivity index (χ0) is 25.4. The van der Waals surface area contributed by atoms with E-state index in [2.05, 4.69) is 9.84 Å². The molecular formula is C23H17F4N3O4S. The molecule has 2 heterocycles. The molecule has 0 fully saturated rings. The van der Waals surface area contributed by atoms with E-state index in [1.807, 2.05) is 4.72 Å². The smallest absolute Gasteiger partial charge is 0.375 e. The lowest BCUT2D eigenvalue weighted by Gasteiger charge is -2.09. The average molecular weight is 507 g/mol. The number of pyridine rings is 1. The summed E-state index contributed by atoms with van der Waals surface area (Å²) in [6.07, 6.45) is -3.77. The van der Waals surface area contributed by atoms with Gasteiger partial charge in [-0.3, -0.25) is 4.79 Å². The first kappa shape index (κ1) is 24.4. The summed E-state index contributed by atoms with van der Waals surface area (Å²) in [6, 6.07) is 12.9. The molecule has 182 valence electrons. The topological polar surface area (TPSA) is 89.8 Å². The summed E-state index contributed by atoms with van der Waals surface area (Å²) < 4.78 is 86.0. The van der Waals surface area contributed by atoms with Crippen LogP contribution >= 0.6 is 0 Å². The van der Waals surface area contributed by atoms with Crippen molar-refractivity contribution in [3.63, 3.8) is 0 Å². The Labute approximate surface area is 197 Å². The fraction of sp³-hybridized carbons (Fsp3) is 0.130. The predicted molar refractivity (Wildman–Crippen MR) is 118 cm³/mol. The molecule has 4 aromatic rings. The molecule has 0 aliphatic carbocycles. The Balaban J connectivity index is 1.84. The van der Waals surface area contributed by atoms with Gasteiger partial charge in [-0.1, -0.05) is 24.3 Å². The molecule has 4 rings (SSSR count). The molecule has 2 aromatic heterocycles. The van der Waals surface area contributed by atoms with Crippen LogP contribution in [0, 0.1) is 5.82 Å². The third-order valence-electron chi connectivity index (χ3n) is 5.03. The zero-order valence-electron chi connectivity index (χ0n) is 18.0. The lowest BCUT2D eigenvalue weighted by atomic mass is 9.99. The largest absolute Gasteiger partial charge is 0.417 e. The van der Waals surface area contributed by atoms with Gasteiger partial charge >= 0.3 is 6.18 Å². The van der Waals surface area contributed by atoms with Crippen LogP contribution in [0.15, 0.2) is 71.8 Å². The Morgan fingerprint density at radius 2 is 1.77 bits per heavy atom. The molecule has 0 saturated carbocycles. The lowest BCUT2D eigenvalue weighted by Crippen LogP contribution is -2.33. The number of ether oxygens (including phenoxy) is 1. The minimum absolute atomic E-state index is 0.202. The second-order valence-corrected chi connectivity index (χ2v) is 9.15. The van der Waals surface area contributed by atoms with Crippen molar-refractivity contribution >= 4 is 21.4 Å². The van der Waals surface area contributed by atoms with Gasteiger partial charge in [-0.2, -0.15) is 18.3 Å². The van der Waals surface area contributed by atoms with Gasteiger partial charge < -0.3 is 4.74 Å². The Bertz CT molecular complexity index is 1510. The van der Waals surface area contributed by atoms with Crippen LogP contribution in [0.4, 0.5) is 17.6 Å². The number of amides is 1. The van der Waals surface area contributed by atoms with E-state index in [9.17, 15) is 30.8 Å². The summed E-state index contributed by atoms with van der Waals surface area (Å²) in [5.74, 6) is -1.41. The van der Waals surface area contributed by atoms with E-state index >= 15 is 0 Å². The van der Waals surface area contributed by atoms with Crippen molar-refractivity contribution in [2.45, 2.75) is 11.1 Å². The van der Waals surface area contributed by atoms with Gasteiger partial charge in [0.1, 0.15) is 18.1 Å². The van der Waals surface area contributed by atoms with Crippen LogP contribution in [-0.2, 0) is 25.7 Å². The second-order valence-electron chi connectivity index (χ2n) is 7.47. The van der Waals surface area contributed by atoms with Gasteiger partial charge in [0, 0.05) is 24.4 Å². The standard InChI is InChI=1S/C23H17F4N3O4S/c1-34-13-20(31)29-35(32,33)18-8-5-14(6-9-18)21-19-10-7-16(23(25,26)27)12-30(19)28-22(21)15-3-2-4-17(24)11-15/h2-12H,13H2,1H3,(H,29,31). The number of carbonyl (C=O) groups excluding carboxylic acids is 1. The first-order valence-corrected chi connectivity index (χ1v) is 11.5. The molecule has 2 aromatic carbocycles. The van der Waals surface area contributed by atoms with Crippen molar-refractivity contribution in [2.75, 3.05) is 13.7 Å². The van der Waals surface area contributed by atoms with Crippen LogP contribution in [0.1, 0.15) is 5.56 Å². The van der Waals surface area contributed by atoms with Crippen LogP contribution in [0.2, 0.25) is 0 Å². The van der Waals surface area contributed by atoms with Crippen LogP contribution in [0.5, 0.6) is 0 Å². The molecule has 0 spiro atoms. The SMILES string of the molecule is COCC(=O)NS(=O)(=O)c1ccc(-c2c(-c3cccc(F)c3)nn3cc(C(F)(F)F)ccc23)cc1. The van der Waals surface area contributed by atoms with Gasteiger partial charge in [0.05, 0.1) is 16.0 Å². The molecule has 1 amide bonds. The summed E-state index contributed by atoms with van der Waals surface area (Å²) in [6.45, 7) is -0.448. The van der Waals surface area contributed by atoms with Gasteiger partial charge in [-0.25, -0.2) is 22.0 Å². The average Bonchev–Trinajstić information content (AvgIpc) is 3.17. The Hall–Kier alpha value is -3.77. The number of aromatic nitrogens is 2. The number of carbonyl (C=O) groups is 1. The van der Waals surface area contributed by atoms with Crippen LogP contribution in [0.3, 0.4) is 0 Å². The highest BCUT2D eigenvalue weighted by Crippen LogP contribution is 2.37. The normalized spacial score (nSPS) is 12.1. The number of nitrogens with one attached hydrogen (secondary N) is 1. The molecule has 7 nitrogen and oxygen atoms in total. The maximum absolute atomic E-state index is 13.9. The number of nitrogens with zero attached hydrogens (tertiary/aromatic N) is 2. The lowest BCUT2D eigenvalue weighted by molar-refractivity contribution is -0.138. The third kappa shape index (κ3) is 5.03. The Morgan fingerprint density at radius 3 is 2.40 bits per heavy atom. The number of hydrogen-bond acceptors (Lipinski definition) is 5. The van der Waals surface area contributed by atoms with Crippen molar-refractivity contribution < 1.29 is 35.5 Å². The van der Waals surface area contributed by atoms with Gasteiger partial charge in [-0.15, -0.1) is 0 Å². The molecule has 0 saturated heterocycles. The third-order valence-corrected chi connectivity index (χ3v) is 6.42. The summed E-state index contributed by atoms with van der Waals surface area (Å²) in [5, 5.41) is 4.27. The first-order chi connectivity index (χ1) is 16.5.